The summed E-state index contributed by atoms with van der Waals surface area (Å²) in [7, 11) is 2.00. The first-order chi connectivity index (χ1) is 17.3. The van der Waals surface area contributed by atoms with Crippen molar-refractivity contribution in [1.82, 2.24) is 9.88 Å². The number of benzene rings is 2. The second-order valence-corrected chi connectivity index (χ2v) is 9.62. The maximum absolute atomic E-state index is 13.0. The van der Waals surface area contributed by atoms with Crippen LogP contribution in [0.15, 0.2) is 79.9 Å². The van der Waals surface area contributed by atoms with Gasteiger partial charge in [-0.1, -0.05) is 30.0 Å². The van der Waals surface area contributed by atoms with Crippen molar-refractivity contribution >= 4 is 34.3 Å². The normalized spacial score (nSPS) is 14.1. The van der Waals surface area contributed by atoms with Gasteiger partial charge in [-0.05, 0) is 43.3 Å². The van der Waals surface area contributed by atoms with E-state index in [0.717, 1.165) is 17.0 Å². The van der Waals surface area contributed by atoms with Crippen LogP contribution in [-0.4, -0.2) is 51.3 Å². The first kappa shape index (κ1) is 23.7. The van der Waals surface area contributed by atoms with Crippen molar-refractivity contribution in [1.29, 1.82) is 0 Å². The van der Waals surface area contributed by atoms with Crippen LogP contribution < -0.4 is 5.43 Å². The lowest BCUT2D eigenvalue weighted by Crippen LogP contribution is -2.23. The smallest absolute Gasteiger partial charge is 0.337 e. The molecule has 0 spiro atoms. The Balaban J connectivity index is 1.51. The van der Waals surface area contributed by atoms with Gasteiger partial charge in [-0.15, -0.1) is 0 Å². The third kappa shape index (κ3) is 4.58. The number of pyridine rings is 1. The number of phenolic OH excluding ortho intramolecular Hbond substituents is 2. The number of carboxylic acid groups (broad SMARTS) is 1. The quantitative estimate of drug-likeness (QED) is 0.352. The van der Waals surface area contributed by atoms with E-state index in [9.17, 15) is 19.8 Å². The van der Waals surface area contributed by atoms with Crippen LogP contribution in [0.1, 0.15) is 22.3 Å². The minimum atomic E-state index is -1.03. The zero-order valence-corrected chi connectivity index (χ0v) is 20.1. The van der Waals surface area contributed by atoms with Crippen molar-refractivity contribution in [3.8, 4) is 22.8 Å². The third-order valence-electron chi connectivity index (χ3n) is 6.04. The number of carboxylic acids is 1. The lowest BCUT2D eigenvalue weighted by atomic mass is 9.96. The molecule has 3 heterocycles. The summed E-state index contributed by atoms with van der Waals surface area (Å²) in [5.41, 5.74) is 1.82. The van der Waals surface area contributed by atoms with E-state index in [0.29, 0.717) is 34.9 Å². The van der Waals surface area contributed by atoms with Gasteiger partial charge in [0, 0.05) is 41.9 Å². The monoisotopic (exact) mass is 502 g/mol. The van der Waals surface area contributed by atoms with Crippen LogP contribution in [0.2, 0.25) is 0 Å². The number of rotatable bonds is 5. The van der Waals surface area contributed by atoms with Crippen LogP contribution in [0.25, 0.3) is 27.9 Å². The largest absolute Gasteiger partial charge is 0.507 e. The summed E-state index contributed by atoms with van der Waals surface area (Å²) in [6.45, 7) is 1.50. The van der Waals surface area contributed by atoms with Gasteiger partial charge in [-0.2, -0.15) is 0 Å². The Morgan fingerprint density at radius 2 is 1.86 bits per heavy atom. The minimum absolute atomic E-state index is 0.0365. The number of hydrogen-bond acceptors (Lipinski definition) is 8. The number of nitrogens with zero attached hydrogens (tertiary/aromatic N) is 2. The Bertz CT molecular complexity index is 1560. The molecule has 4 aromatic rings. The summed E-state index contributed by atoms with van der Waals surface area (Å²) in [6, 6.07) is 13.0. The number of carbonyl (C=O) groups is 1. The van der Waals surface area contributed by atoms with Gasteiger partial charge < -0.3 is 24.6 Å². The van der Waals surface area contributed by atoms with Gasteiger partial charge in [0.1, 0.15) is 27.7 Å². The summed E-state index contributed by atoms with van der Waals surface area (Å²) < 4.78 is 6.15. The summed E-state index contributed by atoms with van der Waals surface area (Å²) in [6.07, 6.45) is 3.97. The van der Waals surface area contributed by atoms with E-state index in [1.54, 1.807) is 18.2 Å². The molecule has 2 aromatic carbocycles. The molecule has 36 heavy (non-hydrogen) atoms. The Morgan fingerprint density at radius 3 is 2.50 bits per heavy atom. The second-order valence-electron chi connectivity index (χ2n) is 8.53. The van der Waals surface area contributed by atoms with Crippen LogP contribution in [0.3, 0.4) is 0 Å². The summed E-state index contributed by atoms with van der Waals surface area (Å²) in [4.78, 5) is 31.2. The van der Waals surface area contributed by atoms with Gasteiger partial charge in [0.25, 0.3) is 0 Å². The number of aromatic carboxylic acids is 1. The molecule has 182 valence electrons. The van der Waals surface area contributed by atoms with E-state index in [1.165, 1.54) is 36.2 Å². The highest BCUT2D eigenvalue weighted by Crippen LogP contribution is 2.40. The lowest BCUT2D eigenvalue weighted by molar-refractivity contribution is 0.0696. The molecule has 0 radical (unpaired) electrons. The molecule has 0 saturated heterocycles. The predicted molar refractivity (Wildman–Crippen MR) is 137 cm³/mol. The SMILES string of the molecule is CN1CC=C(c2c(O)cc(O)c3c(=O)cc(-c4ccc(Sc5ccc(C(=O)O)cn5)cc4)oc23)CC1. The zero-order chi connectivity index (χ0) is 25.4. The molecule has 0 bridgehead atoms. The highest BCUT2D eigenvalue weighted by molar-refractivity contribution is 7.99. The van der Waals surface area contributed by atoms with Crippen LogP contribution >= 0.6 is 11.8 Å². The molecule has 1 aliphatic rings. The van der Waals surface area contributed by atoms with Crippen LogP contribution in [-0.2, 0) is 0 Å². The van der Waals surface area contributed by atoms with Crippen LogP contribution in [0, 0.1) is 0 Å². The number of fused-ring (bicyclic) bond motifs is 1. The standard InChI is InChI=1S/C27H22N2O6S/c1-29-10-8-16(9-11-29)24-19(30)12-20(31)25-21(32)13-22(35-26(24)25)15-2-5-18(6-3-15)36-23-7-4-17(14-28-23)27(33)34/h2-8,12-14,30-31H,9-11H2,1H3,(H,33,34). The van der Waals surface area contributed by atoms with Gasteiger partial charge in [0.15, 0.2) is 11.0 Å². The Kier molecular flexibility index (Phi) is 6.26. The average Bonchev–Trinajstić information content (AvgIpc) is 2.85. The van der Waals surface area contributed by atoms with Crippen LogP contribution in [0.5, 0.6) is 11.5 Å². The van der Waals surface area contributed by atoms with E-state index >= 15 is 0 Å². The topological polar surface area (TPSA) is 124 Å². The van der Waals surface area contributed by atoms with Crippen molar-refractivity contribution in [2.45, 2.75) is 16.3 Å². The predicted octanol–water partition coefficient (Wildman–Crippen LogP) is 4.83. The van der Waals surface area contributed by atoms with Crippen molar-refractivity contribution < 1.29 is 24.5 Å². The molecule has 1 aliphatic heterocycles. The van der Waals surface area contributed by atoms with Gasteiger partial charge in [-0.25, -0.2) is 9.78 Å². The molecule has 9 heteroatoms. The maximum atomic E-state index is 13.0. The van der Waals surface area contributed by atoms with Gasteiger partial charge in [0.05, 0.1) is 11.1 Å². The Morgan fingerprint density at radius 1 is 1.08 bits per heavy atom. The molecule has 5 rings (SSSR count). The fourth-order valence-electron chi connectivity index (χ4n) is 4.13. The first-order valence-corrected chi connectivity index (χ1v) is 12.0. The van der Waals surface area contributed by atoms with Crippen molar-refractivity contribution in [2.24, 2.45) is 0 Å². The summed E-state index contributed by atoms with van der Waals surface area (Å²) in [5.74, 6) is -1.18. The van der Waals surface area contributed by atoms with E-state index in [-0.39, 0.29) is 28.0 Å². The number of phenols is 2. The van der Waals surface area contributed by atoms with E-state index in [1.807, 2.05) is 25.3 Å². The third-order valence-corrected chi connectivity index (χ3v) is 7.00. The fourth-order valence-corrected chi connectivity index (χ4v) is 4.88. The lowest BCUT2D eigenvalue weighted by Gasteiger charge is -2.23. The van der Waals surface area contributed by atoms with Gasteiger partial charge in [0.2, 0.25) is 0 Å². The zero-order valence-electron chi connectivity index (χ0n) is 19.3. The van der Waals surface area contributed by atoms with Gasteiger partial charge in [-0.3, -0.25) is 4.79 Å². The maximum Gasteiger partial charge on any atom is 0.337 e. The molecule has 8 nitrogen and oxygen atoms in total. The van der Waals surface area contributed by atoms with Crippen molar-refractivity contribution in [3.63, 3.8) is 0 Å². The van der Waals surface area contributed by atoms with Crippen LogP contribution in [0.4, 0.5) is 0 Å². The number of hydrogen-bond donors (Lipinski definition) is 3. The molecule has 0 fully saturated rings. The molecule has 0 atom stereocenters. The van der Waals surface area contributed by atoms with E-state index in [4.69, 9.17) is 9.52 Å². The number of aromatic hydroxyl groups is 2. The molecule has 0 unspecified atom stereocenters. The molecule has 2 aromatic heterocycles. The Labute approximate surface area is 210 Å². The van der Waals surface area contributed by atoms with Crippen molar-refractivity contribution in [2.75, 3.05) is 20.1 Å². The Hall–Kier alpha value is -4.08. The molecular formula is C27H22N2O6S. The number of likely N-dealkylation sites (N-methyl/N-ethyl adjacent to an activating group) is 1. The molecule has 0 aliphatic carbocycles. The highest BCUT2D eigenvalue weighted by Gasteiger charge is 2.22. The molecular weight excluding hydrogens is 480 g/mol. The average molecular weight is 503 g/mol. The van der Waals surface area contributed by atoms with Gasteiger partial charge >= 0.3 is 5.97 Å². The summed E-state index contributed by atoms with van der Waals surface area (Å²) >= 11 is 1.37. The molecule has 0 amide bonds. The van der Waals surface area contributed by atoms with E-state index < -0.39 is 11.4 Å². The minimum Gasteiger partial charge on any atom is -0.507 e. The summed E-state index contributed by atoms with van der Waals surface area (Å²) in [5, 5.41) is 30.8. The number of aromatic nitrogens is 1. The van der Waals surface area contributed by atoms with E-state index in [2.05, 4.69) is 9.88 Å². The molecule has 3 N–H and O–H groups in total. The fraction of sp³-hybridized carbons (Fsp3) is 0.148. The first-order valence-electron chi connectivity index (χ1n) is 11.2. The second kappa shape index (κ2) is 9.52. The van der Waals surface area contributed by atoms with Crippen molar-refractivity contribution in [3.05, 3.63) is 82.2 Å². The highest BCUT2D eigenvalue weighted by atomic mass is 32.2. The molecule has 0 saturated carbocycles.